The number of ether oxygens (including phenoxy) is 3. The van der Waals surface area contributed by atoms with Crippen LogP contribution in [0.2, 0.25) is 0 Å². The van der Waals surface area contributed by atoms with E-state index < -0.39 is 37.1 Å². The van der Waals surface area contributed by atoms with Crippen molar-refractivity contribution in [1.29, 1.82) is 0 Å². The topological polar surface area (TPSA) is 78.9 Å². The highest BCUT2D eigenvalue weighted by Gasteiger charge is 2.42. The van der Waals surface area contributed by atoms with Gasteiger partial charge in [0.15, 0.2) is 7.14 Å². The van der Waals surface area contributed by atoms with E-state index in [9.17, 15) is 14.2 Å². The third-order valence-corrected chi connectivity index (χ3v) is 7.68. The molecule has 0 bridgehead atoms. The van der Waals surface area contributed by atoms with Gasteiger partial charge in [0.25, 0.3) is 0 Å². The van der Waals surface area contributed by atoms with E-state index in [1.807, 2.05) is 60.7 Å². The van der Waals surface area contributed by atoms with E-state index in [4.69, 9.17) is 14.2 Å². The summed E-state index contributed by atoms with van der Waals surface area (Å²) in [5.41, 5.74) is 0. The van der Waals surface area contributed by atoms with Crippen molar-refractivity contribution >= 4 is 29.7 Å². The molecule has 0 saturated carbocycles. The number of carbonyl (C=O) groups is 2. The molecule has 0 fully saturated rings. The summed E-state index contributed by atoms with van der Waals surface area (Å²) in [6.45, 7) is 2.47. The van der Waals surface area contributed by atoms with Crippen molar-refractivity contribution in [3.8, 4) is 0 Å². The first-order chi connectivity index (χ1) is 13.9. The molecule has 0 amide bonds. The fraction of sp³-hybridized carbons (Fsp3) is 0.273. The van der Waals surface area contributed by atoms with Crippen LogP contribution in [0.5, 0.6) is 0 Å². The summed E-state index contributed by atoms with van der Waals surface area (Å²) >= 11 is 0. The van der Waals surface area contributed by atoms with Crippen LogP contribution in [0.3, 0.4) is 0 Å². The van der Waals surface area contributed by atoms with Gasteiger partial charge in [0.05, 0.1) is 0 Å². The van der Waals surface area contributed by atoms with Crippen LogP contribution in [-0.4, -0.2) is 36.6 Å². The molecule has 2 aromatic carbocycles. The van der Waals surface area contributed by atoms with E-state index in [2.05, 4.69) is 0 Å². The third kappa shape index (κ3) is 4.84. The average molecular weight is 414 g/mol. The van der Waals surface area contributed by atoms with E-state index in [-0.39, 0.29) is 6.61 Å². The fourth-order valence-corrected chi connectivity index (χ4v) is 6.01. The lowest BCUT2D eigenvalue weighted by Gasteiger charge is -2.35. The first-order valence-electron chi connectivity index (χ1n) is 9.26. The van der Waals surface area contributed by atoms with E-state index >= 15 is 0 Å². The normalized spacial score (nSPS) is 21.4. The average Bonchev–Trinajstić information content (AvgIpc) is 2.73. The van der Waals surface area contributed by atoms with Gasteiger partial charge in [-0.25, -0.2) is 0 Å². The molecule has 3 rings (SSSR count). The van der Waals surface area contributed by atoms with Gasteiger partial charge in [-0.3, -0.25) is 9.59 Å². The first kappa shape index (κ1) is 21.0. The molecule has 7 heteroatoms. The van der Waals surface area contributed by atoms with Crippen LogP contribution in [0, 0.1) is 0 Å². The Morgan fingerprint density at radius 1 is 0.897 bits per heavy atom. The van der Waals surface area contributed by atoms with Crippen molar-refractivity contribution in [2.45, 2.75) is 31.9 Å². The molecule has 1 aliphatic rings. The molecule has 1 aliphatic heterocycles. The summed E-state index contributed by atoms with van der Waals surface area (Å²) in [7, 11) is -3.23. The zero-order valence-corrected chi connectivity index (χ0v) is 17.2. The Labute approximate surface area is 169 Å². The lowest BCUT2D eigenvalue weighted by atomic mass is 10.1. The summed E-state index contributed by atoms with van der Waals surface area (Å²) in [6, 6.07) is 18.3. The van der Waals surface area contributed by atoms with Gasteiger partial charge in [0, 0.05) is 24.5 Å². The minimum Gasteiger partial charge on any atom is -0.463 e. The maximum atomic E-state index is 14.4. The molecule has 6 nitrogen and oxygen atoms in total. The van der Waals surface area contributed by atoms with Crippen molar-refractivity contribution in [3.05, 3.63) is 72.8 Å². The summed E-state index contributed by atoms with van der Waals surface area (Å²) in [4.78, 5) is 22.7. The van der Waals surface area contributed by atoms with Crippen LogP contribution >= 0.6 is 7.14 Å². The number of hydrogen-bond acceptors (Lipinski definition) is 6. The van der Waals surface area contributed by atoms with Gasteiger partial charge < -0.3 is 18.8 Å². The first-order valence-corrected chi connectivity index (χ1v) is 11.0. The largest absolute Gasteiger partial charge is 0.463 e. The zero-order chi connectivity index (χ0) is 20.9. The summed E-state index contributed by atoms with van der Waals surface area (Å²) in [5, 5.41) is 1.30. The van der Waals surface area contributed by atoms with Crippen LogP contribution in [0.4, 0.5) is 0 Å². The van der Waals surface area contributed by atoms with E-state index in [1.54, 1.807) is 12.2 Å². The summed E-state index contributed by atoms with van der Waals surface area (Å²) in [5.74, 6) is -1.75. The molecule has 0 unspecified atom stereocenters. The maximum Gasteiger partial charge on any atom is 0.303 e. The smallest absolute Gasteiger partial charge is 0.303 e. The molecule has 1 heterocycles. The van der Waals surface area contributed by atoms with Crippen LogP contribution in [-0.2, 0) is 28.4 Å². The van der Waals surface area contributed by atoms with Crippen molar-refractivity contribution < 1.29 is 28.4 Å². The Kier molecular flexibility index (Phi) is 6.68. The molecular weight excluding hydrogens is 391 g/mol. The fourth-order valence-electron chi connectivity index (χ4n) is 3.22. The van der Waals surface area contributed by atoms with Crippen LogP contribution in [0.15, 0.2) is 72.8 Å². The second-order valence-corrected chi connectivity index (χ2v) is 9.51. The number of rotatable bonds is 6. The van der Waals surface area contributed by atoms with Crippen LogP contribution in [0.1, 0.15) is 13.8 Å². The maximum absolute atomic E-state index is 14.4. The number of benzene rings is 2. The standard InChI is InChI=1S/C22H23O6P/c1-16(23)26-15-21-20(27-17(2)24)13-14-22(28-21)29(25,18-9-5-3-6-10-18)19-11-7-4-8-12-19/h3-14,20-22H,15H2,1-2H3/t20-,21+,22-/m0/s1. The van der Waals surface area contributed by atoms with Gasteiger partial charge in [0.1, 0.15) is 24.7 Å². The molecule has 0 spiro atoms. The lowest BCUT2D eigenvalue weighted by Crippen LogP contribution is -2.43. The molecule has 3 atom stereocenters. The Morgan fingerprint density at radius 2 is 1.45 bits per heavy atom. The molecule has 0 saturated heterocycles. The lowest BCUT2D eigenvalue weighted by molar-refractivity contribution is -0.160. The molecule has 0 N–H and O–H groups in total. The number of carbonyl (C=O) groups excluding carboxylic acids is 2. The highest BCUT2D eigenvalue weighted by Crippen LogP contribution is 2.51. The SMILES string of the molecule is CC(=O)OC[C@H]1O[C@@H](P(=O)(c2ccccc2)c2ccccc2)C=C[C@@H]1OC(C)=O. The molecule has 152 valence electrons. The molecule has 2 aromatic rings. The van der Waals surface area contributed by atoms with E-state index in [0.29, 0.717) is 10.6 Å². The Morgan fingerprint density at radius 3 is 1.93 bits per heavy atom. The van der Waals surface area contributed by atoms with E-state index in [1.165, 1.54) is 13.8 Å². The third-order valence-electron chi connectivity index (χ3n) is 4.54. The van der Waals surface area contributed by atoms with Crippen LogP contribution in [0.25, 0.3) is 0 Å². The van der Waals surface area contributed by atoms with Crippen molar-refractivity contribution in [2.75, 3.05) is 6.61 Å². The summed E-state index contributed by atoms with van der Waals surface area (Å²) < 4.78 is 30.9. The van der Waals surface area contributed by atoms with Crippen molar-refractivity contribution in [2.24, 2.45) is 0 Å². The quantitative estimate of drug-likeness (QED) is 0.411. The Hall–Kier alpha value is -2.69. The minimum absolute atomic E-state index is 0.113. The predicted octanol–water partition coefficient (Wildman–Crippen LogP) is 2.78. The van der Waals surface area contributed by atoms with Crippen molar-refractivity contribution in [1.82, 2.24) is 0 Å². The van der Waals surface area contributed by atoms with E-state index in [0.717, 1.165) is 0 Å². The number of hydrogen-bond donors (Lipinski definition) is 0. The van der Waals surface area contributed by atoms with Gasteiger partial charge in [-0.2, -0.15) is 0 Å². The Balaban J connectivity index is 2.01. The van der Waals surface area contributed by atoms with Gasteiger partial charge in [-0.1, -0.05) is 60.7 Å². The molecule has 0 aliphatic carbocycles. The highest BCUT2D eigenvalue weighted by molar-refractivity contribution is 7.79. The number of esters is 2. The molecular formula is C22H23O6P. The molecule has 0 radical (unpaired) electrons. The zero-order valence-electron chi connectivity index (χ0n) is 16.3. The second-order valence-electron chi connectivity index (χ2n) is 6.66. The molecule has 29 heavy (non-hydrogen) atoms. The van der Waals surface area contributed by atoms with Gasteiger partial charge in [0.2, 0.25) is 0 Å². The highest BCUT2D eigenvalue weighted by atomic mass is 31.2. The van der Waals surface area contributed by atoms with Gasteiger partial charge >= 0.3 is 11.9 Å². The summed E-state index contributed by atoms with van der Waals surface area (Å²) in [6.07, 6.45) is 1.82. The Bertz CT molecular complexity index is 881. The monoisotopic (exact) mass is 414 g/mol. The molecule has 0 aromatic heterocycles. The van der Waals surface area contributed by atoms with Crippen molar-refractivity contribution in [3.63, 3.8) is 0 Å². The van der Waals surface area contributed by atoms with Gasteiger partial charge in [-0.05, 0) is 12.2 Å². The van der Waals surface area contributed by atoms with Gasteiger partial charge in [-0.15, -0.1) is 0 Å². The van der Waals surface area contributed by atoms with Crippen LogP contribution < -0.4 is 10.6 Å². The second kappa shape index (κ2) is 9.21. The minimum atomic E-state index is -3.23. The predicted molar refractivity (Wildman–Crippen MR) is 110 cm³/mol.